The molecule has 0 saturated heterocycles. The van der Waals surface area contributed by atoms with Gasteiger partial charge in [-0.15, -0.1) is 0 Å². The Morgan fingerprint density at radius 2 is 1.76 bits per heavy atom. The molecule has 1 aromatic heterocycles. The molecule has 21 heavy (non-hydrogen) atoms. The van der Waals surface area contributed by atoms with Crippen molar-refractivity contribution in [1.29, 1.82) is 0 Å². The van der Waals surface area contributed by atoms with Crippen molar-refractivity contribution in [2.24, 2.45) is 0 Å². The number of nitrogens with zero attached hydrogens (tertiary/aromatic N) is 2. The molecule has 1 heterocycles. The molecule has 0 aliphatic carbocycles. The lowest BCUT2D eigenvalue weighted by Crippen LogP contribution is -2.23. The summed E-state index contributed by atoms with van der Waals surface area (Å²) in [6.45, 7) is 7.46. The highest BCUT2D eigenvalue weighted by Gasteiger charge is 2.07. The lowest BCUT2D eigenvalue weighted by atomic mass is 10.2. The summed E-state index contributed by atoms with van der Waals surface area (Å²) in [5.74, 6) is -0.208. The molecule has 1 aromatic carbocycles. The Labute approximate surface area is 125 Å². The average Bonchev–Trinajstić information content (AvgIpc) is 2.52. The van der Waals surface area contributed by atoms with E-state index in [-0.39, 0.29) is 5.82 Å². The number of halogens is 1. The fourth-order valence-electron chi connectivity index (χ4n) is 2.20. The number of anilines is 1. The zero-order valence-corrected chi connectivity index (χ0v) is 12.6. The average molecular weight is 287 g/mol. The van der Waals surface area contributed by atoms with Gasteiger partial charge in [0.2, 0.25) is 0 Å². The number of pyridine rings is 1. The van der Waals surface area contributed by atoms with E-state index in [1.165, 1.54) is 12.1 Å². The van der Waals surface area contributed by atoms with Gasteiger partial charge in [0.25, 0.3) is 0 Å². The van der Waals surface area contributed by atoms with E-state index in [4.69, 9.17) is 0 Å². The fourth-order valence-corrected chi connectivity index (χ4v) is 2.20. The van der Waals surface area contributed by atoms with Crippen LogP contribution in [0.15, 0.2) is 42.5 Å². The van der Waals surface area contributed by atoms with Gasteiger partial charge >= 0.3 is 0 Å². The first kappa shape index (κ1) is 15.4. The highest BCUT2D eigenvalue weighted by atomic mass is 19.1. The molecule has 0 bridgehead atoms. The van der Waals surface area contributed by atoms with Crippen LogP contribution in [-0.4, -0.2) is 18.1 Å². The maximum absolute atomic E-state index is 13.0. The molecule has 0 unspecified atom stereocenters. The minimum Gasteiger partial charge on any atom is -0.366 e. The molecule has 0 amide bonds. The Morgan fingerprint density at radius 3 is 2.43 bits per heavy atom. The van der Waals surface area contributed by atoms with Crippen LogP contribution in [0.1, 0.15) is 25.2 Å². The molecule has 4 heteroatoms. The fraction of sp³-hybridized carbons (Fsp3) is 0.353. The number of aromatic nitrogens is 1. The number of hydrogen-bond acceptors (Lipinski definition) is 3. The van der Waals surface area contributed by atoms with Crippen molar-refractivity contribution < 1.29 is 4.39 Å². The van der Waals surface area contributed by atoms with Gasteiger partial charge in [0.1, 0.15) is 5.82 Å². The van der Waals surface area contributed by atoms with Crippen LogP contribution in [0, 0.1) is 5.82 Å². The number of rotatable bonds is 7. The largest absolute Gasteiger partial charge is 0.366 e. The molecule has 0 radical (unpaired) electrons. The maximum atomic E-state index is 13.0. The summed E-state index contributed by atoms with van der Waals surface area (Å²) in [4.78, 5) is 6.84. The van der Waals surface area contributed by atoms with Crippen LogP contribution in [0.25, 0.3) is 0 Å². The van der Waals surface area contributed by atoms with Gasteiger partial charge < -0.3 is 10.2 Å². The van der Waals surface area contributed by atoms with Crippen LogP contribution >= 0.6 is 0 Å². The van der Waals surface area contributed by atoms with Gasteiger partial charge in [0.05, 0.1) is 17.9 Å². The first-order valence-corrected chi connectivity index (χ1v) is 7.39. The molecule has 0 atom stereocenters. The first-order valence-electron chi connectivity index (χ1n) is 7.39. The van der Waals surface area contributed by atoms with E-state index in [2.05, 4.69) is 29.0 Å². The van der Waals surface area contributed by atoms with Crippen molar-refractivity contribution in [3.8, 4) is 0 Å². The van der Waals surface area contributed by atoms with Gasteiger partial charge in [-0.1, -0.05) is 13.0 Å². The second kappa shape index (κ2) is 7.74. The molecular formula is C17H22FN3. The Kier molecular flexibility index (Phi) is 5.69. The lowest BCUT2D eigenvalue weighted by Gasteiger charge is -2.23. The molecule has 2 rings (SSSR count). The van der Waals surface area contributed by atoms with Crippen LogP contribution in [0.5, 0.6) is 0 Å². The predicted molar refractivity (Wildman–Crippen MR) is 84.7 cm³/mol. The minimum absolute atomic E-state index is 0.208. The van der Waals surface area contributed by atoms with Gasteiger partial charge in [0, 0.05) is 18.8 Å². The number of nitrogens with one attached hydrogen (secondary N) is 1. The van der Waals surface area contributed by atoms with Crippen LogP contribution in [0.4, 0.5) is 10.1 Å². The van der Waals surface area contributed by atoms with E-state index in [1.54, 1.807) is 12.1 Å². The Bertz CT molecular complexity index is 554. The maximum Gasteiger partial charge on any atom is 0.123 e. The SMILES string of the molecule is CCNCc1cccc(CN(CC)c2ccc(F)cc2)n1. The third kappa shape index (κ3) is 4.53. The number of hydrogen-bond donors (Lipinski definition) is 1. The van der Waals surface area contributed by atoms with Gasteiger partial charge in [-0.3, -0.25) is 4.98 Å². The van der Waals surface area contributed by atoms with E-state index < -0.39 is 0 Å². The van der Waals surface area contributed by atoms with E-state index in [0.29, 0.717) is 0 Å². The zero-order valence-electron chi connectivity index (χ0n) is 12.6. The Balaban J connectivity index is 2.09. The molecule has 0 saturated carbocycles. The molecule has 112 valence electrons. The zero-order chi connectivity index (χ0) is 15.1. The molecule has 0 spiro atoms. The summed E-state index contributed by atoms with van der Waals surface area (Å²) >= 11 is 0. The molecule has 0 aliphatic heterocycles. The van der Waals surface area contributed by atoms with Gasteiger partial charge in [0.15, 0.2) is 0 Å². The standard InChI is InChI=1S/C17H22FN3/c1-3-19-12-15-6-5-7-16(20-15)13-21(4-2)17-10-8-14(18)9-11-17/h5-11,19H,3-4,12-13H2,1-2H3. The topological polar surface area (TPSA) is 28.2 Å². The van der Waals surface area contributed by atoms with E-state index in [0.717, 1.165) is 43.3 Å². The summed E-state index contributed by atoms with van der Waals surface area (Å²) in [7, 11) is 0. The second-order valence-corrected chi connectivity index (χ2v) is 4.89. The third-order valence-corrected chi connectivity index (χ3v) is 3.35. The van der Waals surface area contributed by atoms with E-state index in [9.17, 15) is 4.39 Å². The van der Waals surface area contributed by atoms with Crippen molar-refractivity contribution in [2.45, 2.75) is 26.9 Å². The normalized spacial score (nSPS) is 10.6. The molecule has 3 nitrogen and oxygen atoms in total. The molecule has 1 N–H and O–H groups in total. The van der Waals surface area contributed by atoms with Crippen molar-refractivity contribution in [3.63, 3.8) is 0 Å². The quantitative estimate of drug-likeness (QED) is 0.846. The monoisotopic (exact) mass is 287 g/mol. The van der Waals surface area contributed by atoms with Gasteiger partial charge in [-0.05, 0) is 49.9 Å². The lowest BCUT2D eigenvalue weighted by molar-refractivity contribution is 0.627. The van der Waals surface area contributed by atoms with E-state index >= 15 is 0 Å². The molecular weight excluding hydrogens is 265 g/mol. The van der Waals surface area contributed by atoms with Crippen LogP contribution < -0.4 is 10.2 Å². The summed E-state index contributed by atoms with van der Waals surface area (Å²) in [5, 5.41) is 3.28. The summed E-state index contributed by atoms with van der Waals surface area (Å²) in [6.07, 6.45) is 0. The van der Waals surface area contributed by atoms with Crippen LogP contribution in [0.3, 0.4) is 0 Å². The smallest absolute Gasteiger partial charge is 0.123 e. The second-order valence-electron chi connectivity index (χ2n) is 4.89. The van der Waals surface area contributed by atoms with Gasteiger partial charge in [-0.2, -0.15) is 0 Å². The minimum atomic E-state index is -0.208. The van der Waals surface area contributed by atoms with Crippen molar-refractivity contribution in [1.82, 2.24) is 10.3 Å². The van der Waals surface area contributed by atoms with E-state index in [1.807, 2.05) is 18.2 Å². The van der Waals surface area contributed by atoms with Crippen molar-refractivity contribution in [3.05, 3.63) is 59.7 Å². The summed E-state index contributed by atoms with van der Waals surface area (Å²) < 4.78 is 13.0. The van der Waals surface area contributed by atoms with Crippen molar-refractivity contribution >= 4 is 5.69 Å². The highest BCUT2D eigenvalue weighted by Crippen LogP contribution is 2.17. The van der Waals surface area contributed by atoms with Gasteiger partial charge in [-0.25, -0.2) is 4.39 Å². The molecule has 0 fully saturated rings. The Morgan fingerprint density at radius 1 is 1.05 bits per heavy atom. The predicted octanol–water partition coefficient (Wildman–Crippen LogP) is 3.36. The highest BCUT2D eigenvalue weighted by molar-refractivity contribution is 5.46. The van der Waals surface area contributed by atoms with Crippen LogP contribution in [0.2, 0.25) is 0 Å². The summed E-state index contributed by atoms with van der Waals surface area (Å²) in [5.41, 5.74) is 3.08. The third-order valence-electron chi connectivity index (χ3n) is 3.35. The summed E-state index contributed by atoms with van der Waals surface area (Å²) in [6, 6.07) is 12.7. The first-order chi connectivity index (χ1) is 10.2. The molecule has 0 aliphatic rings. The molecule has 2 aromatic rings. The number of benzene rings is 1. The van der Waals surface area contributed by atoms with Crippen LogP contribution in [-0.2, 0) is 13.1 Å². The Hall–Kier alpha value is -1.94. The van der Waals surface area contributed by atoms with Crippen molar-refractivity contribution in [2.75, 3.05) is 18.0 Å².